The molecule has 1 fully saturated rings. The summed E-state index contributed by atoms with van der Waals surface area (Å²) in [7, 11) is 1.77. The molecule has 5 rings (SSSR count). The Morgan fingerprint density at radius 1 is 0.969 bits per heavy atom. The van der Waals surface area contributed by atoms with Crippen LogP contribution in [0.15, 0.2) is 41.2 Å². The molecule has 8 heteroatoms. The molecule has 0 spiro atoms. The van der Waals surface area contributed by atoms with Crippen molar-refractivity contribution >= 4 is 28.0 Å². The summed E-state index contributed by atoms with van der Waals surface area (Å²) < 4.78 is 39.9. The summed E-state index contributed by atoms with van der Waals surface area (Å²) in [4.78, 5) is 16.9. The lowest BCUT2D eigenvalue weighted by molar-refractivity contribution is 0.122. The average Bonchev–Trinajstić information content (AvgIpc) is 2.82. The first kappa shape index (κ1) is 20.8. The number of aromatic nitrogens is 1. The third-order valence-electron chi connectivity index (χ3n) is 6.25. The largest absolute Gasteiger partial charge is 0.490 e. The van der Waals surface area contributed by atoms with Gasteiger partial charge in [-0.3, -0.25) is 4.79 Å². The topological polar surface area (TPSA) is 46.9 Å². The number of rotatable bonds is 3. The number of nitrogens with zero attached hydrogens (tertiary/aromatic N) is 3. The van der Waals surface area contributed by atoms with Gasteiger partial charge >= 0.3 is 0 Å². The maximum absolute atomic E-state index is 13.5. The minimum atomic E-state index is -2.57. The van der Waals surface area contributed by atoms with Crippen molar-refractivity contribution in [2.24, 2.45) is 7.05 Å². The zero-order valence-corrected chi connectivity index (χ0v) is 18.1. The Balaban J connectivity index is 1.75. The van der Waals surface area contributed by atoms with E-state index in [1.807, 2.05) is 17.0 Å². The number of hydrogen-bond acceptors (Lipinski definition) is 5. The van der Waals surface area contributed by atoms with Gasteiger partial charge in [0.1, 0.15) is 12.4 Å². The van der Waals surface area contributed by atoms with Gasteiger partial charge in [-0.15, -0.1) is 0 Å². The van der Waals surface area contributed by atoms with Crippen molar-refractivity contribution in [3.63, 3.8) is 0 Å². The standard InChI is InChI=1S/C24H25F2N3O3/c1-15-11-18-19(27(2)24(15)30)13-17(28-5-8-31-9-6-28)14-20(18)29-7-10-32-22-4-3-16(23(25)26)12-21(22)29/h3-4,11-14,23H,5-10H2,1-2H3. The van der Waals surface area contributed by atoms with Crippen LogP contribution in [-0.4, -0.2) is 44.0 Å². The normalized spacial score (nSPS) is 16.4. The van der Waals surface area contributed by atoms with Crippen LogP contribution in [-0.2, 0) is 11.8 Å². The molecule has 3 heterocycles. The van der Waals surface area contributed by atoms with Gasteiger partial charge in [0, 0.05) is 42.3 Å². The van der Waals surface area contributed by atoms with E-state index in [-0.39, 0.29) is 11.1 Å². The van der Waals surface area contributed by atoms with E-state index >= 15 is 0 Å². The highest BCUT2D eigenvalue weighted by Gasteiger charge is 2.25. The molecule has 2 aliphatic rings. The molecule has 32 heavy (non-hydrogen) atoms. The van der Waals surface area contributed by atoms with E-state index in [9.17, 15) is 13.6 Å². The van der Waals surface area contributed by atoms with Gasteiger partial charge < -0.3 is 23.8 Å². The smallest absolute Gasteiger partial charge is 0.263 e. The van der Waals surface area contributed by atoms with Gasteiger partial charge in [0.15, 0.2) is 0 Å². The Morgan fingerprint density at radius 2 is 1.75 bits per heavy atom. The van der Waals surface area contributed by atoms with E-state index in [0.717, 1.165) is 35.4 Å². The number of pyridine rings is 1. The lowest BCUT2D eigenvalue weighted by Gasteiger charge is -2.35. The molecule has 0 radical (unpaired) electrons. The number of anilines is 3. The minimum Gasteiger partial charge on any atom is -0.490 e. The molecule has 6 nitrogen and oxygen atoms in total. The highest BCUT2D eigenvalue weighted by Crippen LogP contribution is 2.43. The van der Waals surface area contributed by atoms with E-state index in [0.29, 0.717) is 43.4 Å². The summed E-state index contributed by atoms with van der Waals surface area (Å²) in [6.45, 7) is 5.53. The zero-order chi connectivity index (χ0) is 22.4. The predicted octanol–water partition coefficient (Wildman–Crippen LogP) is 4.15. The molecule has 0 bridgehead atoms. The van der Waals surface area contributed by atoms with Gasteiger partial charge in [0.2, 0.25) is 0 Å². The van der Waals surface area contributed by atoms with E-state index in [1.165, 1.54) is 12.1 Å². The highest BCUT2D eigenvalue weighted by atomic mass is 19.3. The van der Waals surface area contributed by atoms with Gasteiger partial charge in [0.25, 0.3) is 12.0 Å². The molecule has 3 aromatic rings. The SMILES string of the molecule is Cc1cc2c(N3CCOc4ccc(C(F)F)cc43)cc(N3CCOCC3)cc2n(C)c1=O. The van der Waals surface area contributed by atoms with E-state index in [2.05, 4.69) is 11.0 Å². The molecule has 2 aromatic carbocycles. The lowest BCUT2D eigenvalue weighted by Crippen LogP contribution is -2.36. The average molecular weight is 441 g/mol. The maximum Gasteiger partial charge on any atom is 0.263 e. The first-order valence-electron chi connectivity index (χ1n) is 10.7. The fourth-order valence-electron chi connectivity index (χ4n) is 4.53. The van der Waals surface area contributed by atoms with E-state index < -0.39 is 6.43 Å². The summed E-state index contributed by atoms with van der Waals surface area (Å²) in [5, 5.41) is 0.900. The molecule has 1 aromatic heterocycles. The molecule has 0 aliphatic carbocycles. The Bertz CT molecular complexity index is 1240. The fourth-order valence-corrected chi connectivity index (χ4v) is 4.53. The van der Waals surface area contributed by atoms with Crippen LogP contribution in [0, 0.1) is 6.92 Å². The van der Waals surface area contributed by atoms with Crippen molar-refractivity contribution in [3.8, 4) is 5.75 Å². The summed E-state index contributed by atoms with van der Waals surface area (Å²) in [6, 6.07) is 10.5. The van der Waals surface area contributed by atoms with Crippen LogP contribution < -0.4 is 20.1 Å². The van der Waals surface area contributed by atoms with Gasteiger partial charge in [-0.2, -0.15) is 0 Å². The number of aryl methyl sites for hydroxylation is 2. The van der Waals surface area contributed by atoms with Crippen molar-refractivity contribution in [2.45, 2.75) is 13.3 Å². The number of morpholine rings is 1. The van der Waals surface area contributed by atoms with Crippen LogP contribution in [0.3, 0.4) is 0 Å². The van der Waals surface area contributed by atoms with E-state index in [4.69, 9.17) is 9.47 Å². The van der Waals surface area contributed by atoms with Gasteiger partial charge in [-0.05, 0) is 43.3 Å². The minimum absolute atomic E-state index is 0.0449. The van der Waals surface area contributed by atoms with Crippen molar-refractivity contribution in [1.29, 1.82) is 0 Å². The molecule has 0 saturated carbocycles. The van der Waals surface area contributed by atoms with Crippen LogP contribution in [0.4, 0.5) is 25.8 Å². The molecule has 0 unspecified atom stereocenters. The maximum atomic E-state index is 13.5. The number of benzene rings is 2. The lowest BCUT2D eigenvalue weighted by atomic mass is 10.1. The molecular weight excluding hydrogens is 416 g/mol. The second-order valence-electron chi connectivity index (χ2n) is 8.22. The Labute approximate surface area is 184 Å². The van der Waals surface area contributed by atoms with Gasteiger partial charge in [0.05, 0.1) is 36.6 Å². The summed E-state index contributed by atoms with van der Waals surface area (Å²) >= 11 is 0. The first-order chi connectivity index (χ1) is 15.4. The van der Waals surface area contributed by atoms with Crippen LogP contribution >= 0.6 is 0 Å². The highest BCUT2D eigenvalue weighted by molar-refractivity contribution is 5.98. The van der Waals surface area contributed by atoms with Crippen LogP contribution in [0.25, 0.3) is 10.9 Å². The summed E-state index contributed by atoms with van der Waals surface area (Å²) in [5.74, 6) is 0.576. The molecular formula is C24H25F2N3O3. The number of ether oxygens (including phenoxy) is 2. The molecule has 2 aliphatic heterocycles. The fraction of sp³-hybridized carbons (Fsp3) is 0.375. The molecule has 1 saturated heterocycles. The summed E-state index contributed by atoms with van der Waals surface area (Å²) in [6.07, 6.45) is -2.57. The van der Waals surface area contributed by atoms with Crippen molar-refractivity contribution in [2.75, 3.05) is 49.3 Å². The monoisotopic (exact) mass is 441 g/mol. The Morgan fingerprint density at radius 3 is 2.50 bits per heavy atom. The second-order valence-corrected chi connectivity index (χ2v) is 8.22. The number of hydrogen-bond donors (Lipinski definition) is 0. The molecule has 0 amide bonds. The quantitative estimate of drug-likeness (QED) is 0.611. The van der Waals surface area contributed by atoms with Crippen LogP contribution in [0.1, 0.15) is 17.6 Å². The number of fused-ring (bicyclic) bond motifs is 2. The zero-order valence-electron chi connectivity index (χ0n) is 18.1. The first-order valence-corrected chi connectivity index (χ1v) is 10.7. The van der Waals surface area contributed by atoms with Crippen LogP contribution in [0.5, 0.6) is 5.75 Å². The van der Waals surface area contributed by atoms with Crippen molar-refractivity contribution < 1.29 is 18.3 Å². The third kappa shape index (κ3) is 3.48. The third-order valence-corrected chi connectivity index (χ3v) is 6.25. The van der Waals surface area contributed by atoms with Gasteiger partial charge in [-0.1, -0.05) is 0 Å². The van der Waals surface area contributed by atoms with Gasteiger partial charge in [-0.25, -0.2) is 8.78 Å². The molecule has 0 N–H and O–H groups in total. The number of alkyl halides is 2. The second kappa shape index (κ2) is 8.09. The molecule has 0 atom stereocenters. The van der Waals surface area contributed by atoms with Crippen molar-refractivity contribution in [3.05, 3.63) is 57.9 Å². The predicted molar refractivity (Wildman–Crippen MR) is 121 cm³/mol. The van der Waals surface area contributed by atoms with Crippen molar-refractivity contribution in [1.82, 2.24) is 4.57 Å². The van der Waals surface area contributed by atoms with Crippen LogP contribution in [0.2, 0.25) is 0 Å². The Kier molecular flexibility index (Phi) is 5.25. The Hall–Kier alpha value is -3.13. The molecule has 168 valence electrons. The van der Waals surface area contributed by atoms with E-state index in [1.54, 1.807) is 24.6 Å². The summed E-state index contributed by atoms with van der Waals surface area (Å²) in [5.41, 5.74) is 3.81. The number of halogens is 2.